The Labute approximate surface area is 77.5 Å². The zero-order chi connectivity index (χ0) is 9.90. The lowest BCUT2D eigenvalue weighted by Crippen LogP contribution is -2.21. The van der Waals surface area contributed by atoms with Gasteiger partial charge in [-0.05, 0) is 20.8 Å². The number of rotatable bonds is 4. The molecule has 0 aliphatic carbocycles. The van der Waals surface area contributed by atoms with Crippen molar-refractivity contribution in [3.63, 3.8) is 0 Å². The average molecular weight is 185 g/mol. The van der Waals surface area contributed by atoms with Gasteiger partial charge in [0.15, 0.2) is 0 Å². The Kier molecular flexibility index (Phi) is 2.87. The molecule has 5 heteroatoms. The SMILES string of the molecule is CCNc1nc(C(C)(C)OC)no1. The summed E-state index contributed by atoms with van der Waals surface area (Å²) in [6.45, 7) is 6.49. The van der Waals surface area contributed by atoms with Crippen LogP contribution in [-0.4, -0.2) is 23.8 Å². The summed E-state index contributed by atoms with van der Waals surface area (Å²) in [4.78, 5) is 4.13. The number of nitrogens with one attached hydrogen (secondary N) is 1. The Morgan fingerprint density at radius 1 is 1.54 bits per heavy atom. The van der Waals surface area contributed by atoms with Crippen LogP contribution in [0.3, 0.4) is 0 Å². The summed E-state index contributed by atoms with van der Waals surface area (Å²) in [6.07, 6.45) is 0. The predicted molar refractivity (Wildman–Crippen MR) is 48.5 cm³/mol. The lowest BCUT2D eigenvalue weighted by Gasteiger charge is -2.17. The van der Waals surface area contributed by atoms with Crippen LogP contribution in [0.25, 0.3) is 0 Å². The zero-order valence-corrected chi connectivity index (χ0v) is 8.42. The van der Waals surface area contributed by atoms with Crippen LogP contribution in [0.2, 0.25) is 0 Å². The normalized spacial score (nSPS) is 11.7. The highest BCUT2D eigenvalue weighted by atomic mass is 16.5. The smallest absolute Gasteiger partial charge is 0.321 e. The highest BCUT2D eigenvalue weighted by Crippen LogP contribution is 2.21. The molecule has 0 aliphatic heterocycles. The molecule has 1 rings (SSSR count). The van der Waals surface area contributed by atoms with Crippen LogP contribution >= 0.6 is 0 Å². The Bertz CT molecular complexity index is 270. The molecule has 74 valence electrons. The van der Waals surface area contributed by atoms with Crippen LogP contribution in [0.1, 0.15) is 26.6 Å². The quantitative estimate of drug-likeness (QED) is 0.767. The second kappa shape index (κ2) is 3.74. The highest BCUT2D eigenvalue weighted by molar-refractivity contribution is 5.18. The first kappa shape index (κ1) is 9.98. The van der Waals surface area contributed by atoms with E-state index in [1.807, 2.05) is 20.8 Å². The summed E-state index contributed by atoms with van der Waals surface area (Å²) in [5.74, 6) is 0.547. The molecule has 0 unspecified atom stereocenters. The number of aromatic nitrogens is 2. The second-order valence-corrected chi connectivity index (χ2v) is 3.17. The van der Waals surface area contributed by atoms with Crippen molar-refractivity contribution in [3.8, 4) is 0 Å². The first-order valence-electron chi connectivity index (χ1n) is 4.23. The van der Waals surface area contributed by atoms with Gasteiger partial charge in [-0.1, -0.05) is 5.16 Å². The maximum absolute atomic E-state index is 5.20. The summed E-state index contributed by atoms with van der Waals surface area (Å²) in [5, 5.41) is 6.73. The fraction of sp³-hybridized carbons (Fsp3) is 0.750. The van der Waals surface area contributed by atoms with Gasteiger partial charge in [0.1, 0.15) is 5.60 Å². The number of hydrogen-bond acceptors (Lipinski definition) is 5. The lowest BCUT2D eigenvalue weighted by molar-refractivity contribution is 0.00973. The van der Waals surface area contributed by atoms with E-state index in [1.54, 1.807) is 7.11 Å². The zero-order valence-electron chi connectivity index (χ0n) is 8.42. The second-order valence-electron chi connectivity index (χ2n) is 3.17. The van der Waals surface area contributed by atoms with Crippen molar-refractivity contribution in [2.75, 3.05) is 19.0 Å². The minimum atomic E-state index is -0.503. The Hall–Kier alpha value is -1.10. The standard InChI is InChI=1S/C8H15N3O2/c1-5-9-7-10-6(11-13-7)8(2,3)12-4/h5H2,1-4H3,(H,9,10,11). The van der Waals surface area contributed by atoms with E-state index in [9.17, 15) is 0 Å². The van der Waals surface area contributed by atoms with E-state index in [4.69, 9.17) is 9.26 Å². The molecule has 1 N–H and O–H groups in total. The summed E-state index contributed by atoms with van der Waals surface area (Å²) in [6, 6.07) is 0.433. The molecule has 0 fully saturated rings. The number of nitrogens with zero attached hydrogens (tertiary/aromatic N) is 2. The molecule has 0 bridgehead atoms. The van der Waals surface area contributed by atoms with Crippen LogP contribution < -0.4 is 5.32 Å². The Balaban J connectivity index is 2.79. The fourth-order valence-corrected chi connectivity index (χ4v) is 0.782. The van der Waals surface area contributed by atoms with Crippen molar-refractivity contribution in [2.45, 2.75) is 26.4 Å². The van der Waals surface area contributed by atoms with Gasteiger partial charge < -0.3 is 14.6 Å². The largest absolute Gasteiger partial charge is 0.371 e. The minimum Gasteiger partial charge on any atom is -0.371 e. The van der Waals surface area contributed by atoms with Crippen molar-refractivity contribution in [3.05, 3.63) is 5.82 Å². The molecule has 0 saturated carbocycles. The van der Waals surface area contributed by atoms with Crippen LogP contribution in [0.4, 0.5) is 6.01 Å². The third-order valence-electron chi connectivity index (χ3n) is 1.80. The van der Waals surface area contributed by atoms with Crippen LogP contribution in [0, 0.1) is 0 Å². The summed E-state index contributed by atoms with van der Waals surface area (Å²) in [7, 11) is 1.61. The molecular formula is C8H15N3O2. The van der Waals surface area contributed by atoms with E-state index in [1.165, 1.54) is 0 Å². The van der Waals surface area contributed by atoms with Gasteiger partial charge in [0.2, 0.25) is 5.82 Å². The first-order chi connectivity index (χ1) is 6.10. The average Bonchev–Trinajstić information content (AvgIpc) is 2.54. The van der Waals surface area contributed by atoms with Gasteiger partial charge in [-0.15, -0.1) is 0 Å². The van der Waals surface area contributed by atoms with Gasteiger partial charge in [0, 0.05) is 13.7 Å². The number of hydrogen-bond donors (Lipinski definition) is 1. The monoisotopic (exact) mass is 185 g/mol. The number of methoxy groups -OCH3 is 1. The third kappa shape index (κ3) is 2.18. The van der Waals surface area contributed by atoms with E-state index >= 15 is 0 Å². The van der Waals surface area contributed by atoms with Gasteiger partial charge >= 0.3 is 6.01 Å². The third-order valence-corrected chi connectivity index (χ3v) is 1.80. The molecule has 0 spiro atoms. The molecular weight excluding hydrogens is 170 g/mol. The molecule has 0 amide bonds. The Morgan fingerprint density at radius 2 is 2.23 bits per heavy atom. The highest BCUT2D eigenvalue weighted by Gasteiger charge is 2.25. The molecule has 5 nitrogen and oxygen atoms in total. The van der Waals surface area contributed by atoms with E-state index in [-0.39, 0.29) is 0 Å². The van der Waals surface area contributed by atoms with Gasteiger partial charge in [0.05, 0.1) is 0 Å². The topological polar surface area (TPSA) is 60.2 Å². The molecule has 0 aliphatic rings. The van der Waals surface area contributed by atoms with Crippen molar-refractivity contribution >= 4 is 6.01 Å². The van der Waals surface area contributed by atoms with E-state index < -0.39 is 5.60 Å². The molecule has 1 aromatic heterocycles. The lowest BCUT2D eigenvalue weighted by atomic mass is 10.1. The molecule has 0 radical (unpaired) electrons. The predicted octanol–water partition coefficient (Wildman–Crippen LogP) is 1.38. The van der Waals surface area contributed by atoms with Crippen LogP contribution in [-0.2, 0) is 10.3 Å². The fourth-order valence-electron chi connectivity index (χ4n) is 0.782. The van der Waals surface area contributed by atoms with Crippen LogP contribution in [0.5, 0.6) is 0 Å². The van der Waals surface area contributed by atoms with E-state index in [0.29, 0.717) is 11.8 Å². The molecule has 0 aromatic carbocycles. The van der Waals surface area contributed by atoms with Gasteiger partial charge in [-0.2, -0.15) is 4.98 Å². The van der Waals surface area contributed by atoms with Gasteiger partial charge in [0.25, 0.3) is 0 Å². The van der Waals surface area contributed by atoms with Gasteiger partial charge in [-0.3, -0.25) is 0 Å². The molecule has 1 heterocycles. The van der Waals surface area contributed by atoms with Gasteiger partial charge in [-0.25, -0.2) is 0 Å². The minimum absolute atomic E-state index is 0.433. The van der Waals surface area contributed by atoms with Crippen molar-refractivity contribution in [1.82, 2.24) is 10.1 Å². The van der Waals surface area contributed by atoms with E-state index in [0.717, 1.165) is 6.54 Å². The maximum Gasteiger partial charge on any atom is 0.321 e. The molecule has 0 saturated heterocycles. The molecule has 13 heavy (non-hydrogen) atoms. The molecule has 0 atom stereocenters. The van der Waals surface area contributed by atoms with E-state index in [2.05, 4.69) is 15.5 Å². The number of anilines is 1. The Morgan fingerprint density at radius 3 is 2.77 bits per heavy atom. The van der Waals surface area contributed by atoms with Crippen molar-refractivity contribution in [2.24, 2.45) is 0 Å². The van der Waals surface area contributed by atoms with Crippen molar-refractivity contribution < 1.29 is 9.26 Å². The molecule has 1 aromatic rings. The first-order valence-corrected chi connectivity index (χ1v) is 4.23. The van der Waals surface area contributed by atoms with Crippen molar-refractivity contribution in [1.29, 1.82) is 0 Å². The van der Waals surface area contributed by atoms with Crippen LogP contribution in [0.15, 0.2) is 4.52 Å². The summed E-state index contributed by atoms with van der Waals surface area (Å²) < 4.78 is 10.1. The maximum atomic E-state index is 5.20. The number of ether oxygens (including phenoxy) is 1. The summed E-state index contributed by atoms with van der Waals surface area (Å²) >= 11 is 0. The summed E-state index contributed by atoms with van der Waals surface area (Å²) in [5.41, 5.74) is -0.503.